The molecule has 3 rings (SSSR count). The van der Waals surface area contributed by atoms with Crippen LogP contribution in [0.1, 0.15) is 16.1 Å². The van der Waals surface area contributed by atoms with Crippen LogP contribution in [0.15, 0.2) is 65.5 Å². The summed E-state index contributed by atoms with van der Waals surface area (Å²) in [4.78, 5) is 16.4. The molecule has 1 amide bonds. The van der Waals surface area contributed by atoms with Gasteiger partial charge in [0.1, 0.15) is 12.4 Å². The van der Waals surface area contributed by atoms with Crippen LogP contribution < -0.4 is 10.1 Å². The lowest BCUT2D eigenvalue weighted by molar-refractivity contribution is 0.102. The van der Waals surface area contributed by atoms with E-state index in [4.69, 9.17) is 4.74 Å². The minimum absolute atomic E-state index is 0.162. The van der Waals surface area contributed by atoms with Crippen molar-refractivity contribution in [2.24, 2.45) is 0 Å². The van der Waals surface area contributed by atoms with E-state index in [9.17, 15) is 4.79 Å². The predicted octanol–water partition coefficient (Wildman–Crippen LogP) is 3.97. The second-order valence-electron chi connectivity index (χ2n) is 4.62. The number of carbonyl (C=O) groups excluding carboxylic acids is 1. The highest BCUT2D eigenvalue weighted by atomic mass is 32.1. The van der Waals surface area contributed by atoms with Crippen molar-refractivity contribution in [2.45, 2.75) is 6.61 Å². The number of thiazole rings is 1. The third-order valence-corrected chi connectivity index (χ3v) is 3.63. The number of benzene rings is 2. The Hall–Kier alpha value is -2.66. The van der Waals surface area contributed by atoms with E-state index in [2.05, 4.69) is 10.3 Å². The molecule has 1 N–H and O–H groups in total. The fourth-order valence-electron chi connectivity index (χ4n) is 1.92. The molecule has 0 saturated carbocycles. The molecule has 4 nitrogen and oxygen atoms in total. The van der Waals surface area contributed by atoms with Gasteiger partial charge >= 0.3 is 0 Å². The largest absolute Gasteiger partial charge is 0.487 e. The van der Waals surface area contributed by atoms with E-state index in [1.54, 1.807) is 23.7 Å². The maximum absolute atomic E-state index is 12.2. The van der Waals surface area contributed by atoms with Gasteiger partial charge < -0.3 is 10.1 Å². The third kappa shape index (κ3) is 3.71. The summed E-state index contributed by atoms with van der Waals surface area (Å²) in [6.45, 7) is 0.396. The Labute approximate surface area is 132 Å². The average molecular weight is 310 g/mol. The smallest absolute Gasteiger partial charge is 0.255 e. The van der Waals surface area contributed by atoms with Crippen LogP contribution in [0, 0.1) is 0 Å². The lowest BCUT2D eigenvalue weighted by Crippen LogP contribution is -2.11. The van der Waals surface area contributed by atoms with E-state index in [0.717, 1.165) is 11.4 Å². The standard InChI is InChI=1S/C17H14N2O2S/c20-17(19-14-6-2-1-3-7-14)13-5-4-8-16(9-13)21-10-15-11-22-12-18-15/h1-9,11-12H,10H2,(H,19,20). The molecule has 3 aromatic rings. The summed E-state index contributed by atoms with van der Waals surface area (Å²) in [5.41, 5.74) is 3.97. The fraction of sp³-hybridized carbons (Fsp3) is 0.0588. The number of aromatic nitrogens is 1. The quantitative estimate of drug-likeness (QED) is 0.775. The minimum Gasteiger partial charge on any atom is -0.487 e. The number of amides is 1. The van der Waals surface area contributed by atoms with Gasteiger partial charge in [0.05, 0.1) is 11.2 Å². The van der Waals surface area contributed by atoms with Crippen LogP contribution in [0.5, 0.6) is 5.75 Å². The highest BCUT2D eigenvalue weighted by molar-refractivity contribution is 7.07. The molecule has 0 unspecified atom stereocenters. The molecule has 0 aliphatic heterocycles. The molecular weight excluding hydrogens is 296 g/mol. The molecule has 0 aliphatic rings. The monoisotopic (exact) mass is 310 g/mol. The van der Waals surface area contributed by atoms with Gasteiger partial charge in [-0.2, -0.15) is 0 Å². The van der Waals surface area contributed by atoms with Crippen LogP contribution >= 0.6 is 11.3 Å². The number of nitrogens with one attached hydrogen (secondary N) is 1. The number of hydrogen-bond donors (Lipinski definition) is 1. The number of nitrogens with zero attached hydrogens (tertiary/aromatic N) is 1. The van der Waals surface area contributed by atoms with Crippen LogP contribution in [0.2, 0.25) is 0 Å². The molecule has 0 saturated heterocycles. The summed E-state index contributed by atoms with van der Waals surface area (Å²) in [7, 11) is 0. The van der Waals surface area contributed by atoms with Crippen LogP contribution in [-0.2, 0) is 6.61 Å². The SMILES string of the molecule is O=C(Nc1ccccc1)c1cccc(OCc2cscn2)c1. The normalized spacial score (nSPS) is 10.2. The van der Waals surface area contributed by atoms with E-state index < -0.39 is 0 Å². The Kier molecular flexibility index (Phi) is 4.46. The first-order valence-electron chi connectivity index (χ1n) is 6.77. The molecule has 5 heteroatoms. The van der Waals surface area contributed by atoms with Gasteiger partial charge in [-0.15, -0.1) is 11.3 Å². The van der Waals surface area contributed by atoms with Crippen molar-refractivity contribution in [1.29, 1.82) is 0 Å². The maximum atomic E-state index is 12.2. The van der Waals surface area contributed by atoms with Gasteiger partial charge in [-0.1, -0.05) is 24.3 Å². The number of rotatable bonds is 5. The number of carbonyl (C=O) groups is 1. The van der Waals surface area contributed by atoms with Crippen molar-refractivity contribution < 1.29 is 9.53 Å². The minimum atomic E-state index is -0.162. The summed E-state index contributed by atoms with van der Waals surface area (Å²) in [6, 6.07) is 16.5. The zero-order valence-corrected chi connectivity index (χ0v) is 12.5. The zero-order chi connectivity index (χ0) is 15.2. The molecule has 0 spiro atoms. The van der Waals surface area contributed by atoms with Gasteiger partial charge in [-0.05, 0) is 30.3 Å². The van der Waals surface area contributed by atoms with E-state index in [1.807, 2.05) is 41.8 Å². The molecule has 22 heavy (non-hydrogen) atoms. The van der Waals surface area contributed by atoms with Crippen molar-refractivity contribution in [3.63, 3.8) is 0 Å². The Balaban J connectivity index is 1.66. The Bertz CT molecular complexity index is 742. The van der Waals surface area contributed by atoms with Crippen LogP contribution in [0.3, 0.4) is 0 Å². The van der Waals surface area contributed by atoms with Crippen molar-refractivity contribution in [1.82, 2.24) is 4.98 Å². The molecular formula is C17H14N2O2S. The van der Waals surface area contributed by atoms with E-state index in [1.165, 1.54) is 11.3 Å². The molecule has 110 valence electrons. The highest BCUT2D eigenvalue weighted by Crippen LogP contribution is 2.17. The fourth-order valence-corrected chi connectivity index (χ4v) is 2.46. The van der Waals surface area contributed by atoms with Gasteiger partial charge in [0.2, 0.25) is 0 Å². The second-order valence-corrected chi connectivity index (χ2v) is 5.34. The van der Waals surface area contributed by atoms with Crippen LogP contribution in [-0.4, -0.2) is 10.9 Å². The van der Waals surface area contributed by atoms with Gasteiger partial charge in [0.15, 0.2) is 0 Å². The molecule has 1 heterocycles. The summed E-state index contributed by atoms with van der Waals surface area (Å²) in [5, 5.41) is 4.79. The van der Waals surface area contributed by atoms with E-state index in [-0.39, 0.29) is 5.91 Å². The Morgan fingerprint density at radius 2 is 2.00 bits per heavy atom. The maximum Gasteiger partial charge on any atom is 0.255 e. The average Bonchev–Trinajstić information content (AvgIpc) is 3.08. The summed E-state index contributed by atoms with van der Waals surface area (Å²) in [5.74, 6) is 0.485. The van der Waals surface area contributed by atoms with Gasteiger partial charge in [-0.25, -0.2) is 4.98 Å². The second kappa shape index (κ2) is 6.87. The number of anilines is 1. The van der Waals surface area contributed by atoms with Crippen LogP contribution in [0.25, 0.3) is 0 Å². The number of para-hydroxylation sites is 1. The summed E-state index contributed by atoms with van der Waals surface area (Å²) in [6.07, 6.45) is 0. The molecule has 1 aromatic heterocycles. The molecule has 0 aliphatic carbocycles. The van der Waals surface area contributed by atoms with Crippen molar-refractivity contribution in [2.75, 3.05) is 5.32 Å². The first kappa shape index (κ1) is 14.3. The first-order valence-corrected chi connectivity index (χ1v) is 7.72. The molecule has 0 radical (unpaired) electrons. The predicted molar refractivity (Wildman–Crippen MR) is 87.3 cm³/mol. The van der Waals surface area contributed by atoms with Crippen LogP contribution in [0.4, 0.5) is 5.69 Å². The van der Waals surface area contributed by atoms with Crippen molar-refractivity contribution in [3.05, 3.63) is 76.7 Å². The topological polar surface area (TPSA) is 51.2 Å². The molecule has 0 fully saturated rings. The van der Waals surface area contributed by atoms with Gasteiger partial charge in [0.25, 0.3) is 5.91 Å². The van der Waals surface area contributed by atoms with Crippen molar-refractivity contribution in [3.8, 4) is 5.75 Å². The van der Waals surface area contributed by atoms with Crippen molar-refractivity contribution >= 4 is 22.9 Å². The van der Waals surface area contributed by atoms with Gasteiger partial charge in [0, 0.05) is 16.6 Å². The van der Waals surface area contributed by atoms with E-state index in [0.29, 0.717) is 17.9 Å². The molecule has 2 aromatic carbocycles. The number of hydrogen-bond acceptors (Lipinski definition) is 4. The third-order valence-electron chi connectivity index (χ3n) is 3.00. The lowest BCUT2D eigenvalue weighted by Gasteiger charge is -2.08. The summed E-state index contributed by atoms with van der Waals surface area (Å²) < 4.78 is 5.66. The zero-order valence-electron chi connectivity index (χ0n) is 11.7. The molecule has 0 bridgehead atoms. The first-order chi connectivity index (χ1) is 10.8. The molecule has 0 atom stereocenters. The highest BCUT2D eigenvalue weighted by Gasteiger charge is 2.07. The number of ether oxygens (including phenoxy) is 1. The Morgan fingerprint density at radius 3 is 2.77 bits per heavy atom. The Morgan fingerprint density at radius 1 is 1.14 bits per heavy atom. The van der Waals surface area contributed by atoms with E-state index >= 15 is 0 Å². The summed E-state index contributed by atoms with van der Waals surface area (Å²) >= 11 is 1.53. The van der Waals surface area contributed by atoms with Gasteiger partial charge in [-0.3, -0.25) is 4.79 Å². The lowest BCUT2D eigenvalue weighted by atomic mass is 10.2.